The van der Waals surface area contributed by atoms with Crippen LogP contribution in [0, 0.1) is 6.92 Å². The third kappa shape index (κ3) is 5.57. The predicted molar refractivity (Wildman–Crippen MR) is 107 cm³/mol. The van der Waals surface area contributed by atoms with Gasteiger partial charge < -0.3 is 0 Å². The average molecular weight is 333 g/mol. The SMILES string of the molecule is CC(/C=N\N1CCN(Cc2ccc(C)cc2)CC1)=C/c1ccccc1. The Morgan fingerprint density at radius 3 is 2.32 bits per heavy atom. The molecule has 0 aromatic heterocycles. The molecule has 0 radical (unpaired) electrons. The number of aryl methyl sites for hydroxylation is 1. The number of rotatable bonds is 5. The minimum atomic E-state index is 0.987. The quantitative estimate of drug-likeness (QED) is 0.764. The molecule has 3 heteroatoms. The van der Waals surface area contributed by atoms with Crippen molar-refractivity contribution in [3.8, 4) is 0 Å². The Balaban J connectivity index is 1.47. The second-order valence-electron chi connectivity index (χ2n) is 6.76. The Labute approximate surface area is 151 Å². The van der Waals surface area contributed by atoms with Crippen molar-refractivity contribution in [3.63, 3.8) is 0 Å². The summed E-state index contributed by atoms with van der Waals surface area (Å²) in [5.41, 5.74) is 5.11. The predicted octanol–water partition coefficient (Wildman–Crippen LogP) is 4.20. The van der Waals surface area contributed by atoms with Crippen LogP contribution >= 0.6 is 0 Å². The van der Waals surface area contributed by atoms with E-state index in [1.54, 1.807) is 0 Å². The molecule has 0 saturated carbocycles. The first-order chi connectivity index (χ1) is 12.2. The standard InChI is InChI=1S/C22H27N3/c1-19-8-10-22(11-9-19)18-24-12-14-25(15-13-24)23-17-20(2)16-21-6-4-3-5-7-21/h3-11,16-17H,12-15,18H2,1-2H3/b20-16-,23-17-. The summed E-state index contributed by atoms with van der Waals surface area (Å²) in [7, 11) is 0. The van der Waals surface area contributed by atoms with E-state index in [4.69, 9.17) is 0 Å². The fourth-order valence-corrected chi connectivity index (χ4v) is 2.98. The lowest BCUT2D eigenvalue weighted by atomic mass is 10.1. The van der Waals surface area contributed by atoms with Gasteiger partial charge in [0.2, 0.25) is 0 Å². The van der Waals surface area contributed by atoms with Gasteiger partial charge in [-0.3, -0.25) is 9.91 Å². The lowest BCUT2D eigenvalue weighted by Crippen LogP contribution is -2.43. The van der Waals surface area contributed by atoms with E-state index in [1.165, 1.54) is 22.3 Å². The topological polar surface area (TPSA) is 18.8 Å². The van der Waals surface area contributed by atoms with Crippen LogP contribution < -0.4 is 0 Å². The number of piperazine rings is 1. The molecule has 0 N–H and O–H groups in total. The van der Waals surface area contributed by atoms with Gasteiger partial charge in [0.05, 0.1) is 0 Å². The van der Waals surface area contributed by atoms with E-state index in [0.717, 1.165) is 32.7 Å². The van der Waals surface area contributed by atoms with Crippen molar-refractivity contribution in [1.82, 2.24) is 9.91 Å². The van der Waals surface area contributed by atoms with Crippen molar-refractivity contribution in [2.24, 2.45) is 5.10 Å². The third-order valence-electron chi connectivity index (χ3n) is 4.49. The van der Waals surface area contributed by atoms with E-state index in [1.807, 2.05) is 12.3 Å². The Morgan fingerprint density at radius 2 is 1.64 bits per heavy atom. The fraction of sp³-hybridized carbons (Fsp3) is 0.318. The summed E-state index contributed by atoms with van der Waals surface area (Å²) >= 11 is 0. The van der Waals surface area contributed by atoms with Crippen LogP contribution in [-0.2, 0) is 6.54 Å². The Kier molecular flexibility index (Phi) is 6.02. The molecule has 0 bridgehead atoms. The summed E-state index contributed by atoms with van der Waals surface area (Å²) < 4.78 is 0. The van der Waals surface area contributed by atoms with Crippen LogP contribution in [-0.4, -0.2) is 42.3 Å². The van der Waals surface area contributed by atoms with Gasteiger partial charge in [-0.25, -0.2) is 0 Å². The largest absolute Gasteiger partial charge is 0.295 e. The van der Waals surface area contributed by atoms with Crippen LogP contribution in [0.5, 0.6) is 0 Å². The van der Waals surface area contributed by atoms with Crippen molar-refractivity contribution in [3.05, 3.63) is 76.9 Å². The van der Waals surface area contributed by atoms with Crippen molar-refractivity contribution >= 4 is 12.3 Å². The summed E-state index contributed by atoms with van der Waals surface area (Å²) in [6.07, 6.45) is 4.14. The molecule has 0 spiro atoms. The molecule has 0 amide bonds. The van der Waals surface area contributed by atoms with Gasteiger partial charge in [-0.05, 0) is 30.5 Å². The Morgan fingerprint density at radius 1 is 0.960 bits per heavy atom. The normalized spacial score (nSPS) is 16.6. The third-order valence-corrected chi connectivity index (χ3v) is 4.49. The summed E-state index contributed by atoms with van der Waals surface area (Å²) in [4.78, 5) is 2.50. The monoisotopic (exact) mass is 333 g/mol. The Bertz CT molecular complexity index is 709. The van der Waals surface area contributed by atoms with Gasteiger partial charge >= 0.3 is 0 Å². The summed E-state index contributed by atoms with van der Waals surface area (Å²) in [6, 6.07) is 19.2. The highest BCUT2D eigenvalue weighted by atomic mass is 15.5. The van der Waals surface area contributed by atoms with Crippen LogP contribution in [0.15, 0.2) is 65.3 Å². The molecule has 1 saturated heterocycles. The van der Waals surface area contributed by atoms with Crippen molar-refractivity contribution in [2.45, 2.75) is 20.4 Å². The number of hydrazone groups is 1. The van der Waals surface area contributed by atoms with E-state index >= 15 is 0 Å². The van der Waals surface area contributed by atoms with E-state index < -0.39 is 0 Å². The van der Waals surface area contributed by atoms with Crippen molar-refractivity contribution < 1.29 is 0 Å². The minimum Gasteiger partial charge on any atom is -0.295 e. The minimum absolute atomic E-state index is 0.987. The lowest BCUT2D eigenvalue weighted by Gasteiger charge is -2.33. The van der Waals surface area contributed by atoms with Gasteiger partial charge in [0.25, 0.3) is 0 Å². The molecule has 3 nitrogen and oxygen atoms in total. The first-order valence-corrected chi connectivity index (χ1v) is 8.99. The summed E-state index contributed by atoms with van der Waals surface area (Å²) in [5.74, 6) is 0. The number of allylic oxidation sites excluding steroid dienone is 1. The molecule has 0 atom stereocenters. The number of nitrogens with zero attached hydrogens (tertiary/aromatic N) is 3. The number of hydrogen-bond donors (Lipinski definition) is 0. The number of hydrogen-bond acceptors (Lipinski definition) is 3. The second-order valence-corrected chi connectivity index (χ2v) is 6.76. The van der Waals surface area contributed by atoms with Crippen molar-refractivity contribution in [1.29, 1.82) is 0 Å². The van der Waals surface area contributed by atoms with Gasteiger partial charge in [-0.15, -0.1) is 0 Å². The zero-order valence-corrected chi connectivity index (χ0v) is 15.2. The molecule has 3 rings (SSSR count). The molecule has 1 aliphatic rings. The maximum Gasteiger partial charge on any atom is 0.0499 e. The molecule has 2 aromatic rings. The van der Waals surface area contributed by atoms with Gasteiger partial charge in [-0.2, -0.15) is 5.10 Å². The molecular weight excluding hydrogens is 306 g/mol. The van der Waals surface area contributed by atoms with Crippen molar-refractivity contribution in [2.75, 3.05) is 26.2 Å². The highest BCUT2D eigenvalue weighted by Gasteiger charge is 2.15. The van der Waals surface area contributed by atoms with E-state index in [9.17, 15) is 0 Å². The summed E-state index contributed by atoms with van der Waals surface area (Å²) in [5, 5.41) is 6.82. The molecule has 1 aliphatic heterocycles. The summed E-state index contributed by atoms with van der Waals surface area (Å²) in [6.45, 7) is 9.37. The average Bonchev–Trinajstić information content (AvgIpc) is 2.64. The molecular formula is C22H27N3. The van der Waals surface area contributed by atoms with Crippen LogP contribution in [0.3, 0.4) is 0 Å². The molecule has 2 aromatic carbocycles. The Hall–Kier alpha value is -2.39. The lowest BCUT2D eigenvalue weighted by molar-refractivity contribution is 0.131. The zero-order valence-electron chi connectivity index (χ0n) is 15.2. The van der Waals surface area contributed by atoms with Crippen LogP contribution in [0.2, 0.25) is 0 Å². The number of benzene rings is 2. The maximum absolute atomic E-state index is 4.65. The van der Waals surface area contributed by atoms with Crippen LogP contribution in [0.1, 0.15) is 23.6 Å². The molecule has 25 heavy (non-hydrogen) atoms. The smallest absolute Gasteiger partial charge is 0.0499 e. The van der Waals surface area contributed by atoms with Gasteiger partial charge in [0, 0.05) is 38.9 Å². The second kappa shape index (κ2) is 8.63. The molecule has 1 fully saturated rings. The van der Waals surface area contributed by atoms with Gasteiger partial charge in [0.1, 0.15) is 0 Å². The van der Waals surface area contributed by atoms with Crippen LogP contribution in [0.25, 0.3) is 6.08 Å². The van der Waals surface area contributed by atoms with E-state index in [-0.39, 0.29) is 0 Å². The first kappa shape index (κ1) is 17.4. The van der Waals surface area contributed by atoms with Gasteiger partial charge in [0.15, 0.2) is 0 Å². The van der Waals surface area contributed by atoms with E-state index in [0.29, 0.717) is 0 Å². The molecule has 130 valence electrons. The maximum atomic E-state index is 4.65. The highest BCUT2D eigenvalue weighted by Crippen LogP contribution is 2.10. The molecule has 0 aliphatic carbocycles. The zero-order chi connectivity index (χ0) is 17.5. The molecule has 0 unspecified atom stereocenters. The van der Waals surface area contributed by atoms with Gasteiger partial charge in [-0.1, -0.05) is 66.2 Å². The highest BCUT2D eigenvalue weighted by molar-refractivity contribution is 5.84. The van der Waals surface area contributed by atoms with Crippen LogP contribution in [0.4, 0.5) is 0 Å². The molecule has 1 heterocycles. The van der Waals surface area contributed by atoms with E-state index in [2.05, 4.69) is 83.5 Å². The fourth-order valence-electron chi connectivity index (χ4n) is 2.98. The first-order valence-electron chi connectivity index (χ1n) is 8.99.